The molecule has 0 saturated heterocycles. The Morgan fingerprint density at radius 3 is 2.28 bits per heavy atom. The second-order valence-corrected chi connectivity index (χ2v) is 8.11. The Labute approximate surface area is 177 Å². The van der Waals surface area contributed by atoms with E-state index in [9.17, 15) is 15.0 Å². The number of phenolic OH excluding ortho intramolecular Hbond substituents is 1. The first-order chi connectivity index (χ1) is 14.1. The fourth-order valence-corrected chi connectivity index (χ4v) is 3.61. The van der Waals surface area contributed by atoms with E-state index in [1.54, 1.807) is 12.1 Å². The highest BCUT2D eigenvalue weighted by molar-refractivity contribution is 5.92. The highest BCUT2D eigenvalue weighted by atomic mass is 16.5. The maximum atomic E-state index is 12.3. The lowest BCUT2D eigenvalue weighted by atomic mass is 10.0. The van der Waals surface area contributed by atoms with Gasteiger partial charge in [0.1, 0.15) is 11.3 Å². The Bertz CT molecular complexity index is 556. The summed E-state index contributed by atoms with van der Waals surface area (Å²) in [5.74, 6) is -0.395. The molecule has 1 aromatic rings. The molecule has 0 saturated carbocycles. The van der Waals surface area contributed by atoms with Gasteiger partial charge in [-0.15, -0.1) is 0 Å². The van der Waals surface area contributed by atoms with Crippen LogP contribution >= 0.6 is 0 Å². The normalized spacial score (nSPS) is 12.1. The summed E-state index contributed by atoms with van der Waals surface area (Å²) >= 11 is 0. The Kier molecular flexibility index (Phi) is 14.3. The van der Waals surface area contributed by atoms with Crippen molar-refractivity contribution in [1.82, 2.24) is 0 Å². The Hall–Kier alpha value is -1.55. The molecule has 0 aromatic heterocycles. The lowest BCUT2D eigenvalue weighted by Crippen LogP contribution is -2.08. The van der Waals surface area contributed by atoms with E-state index in [-0.39, 0.29) is 17.4 Å². The van der Waals surface area contributed by atoms with E-state index in [0.29, 0.717) is 13.0 Å². The summed E-state index contributed by atoms with van der Waals surface area (Å²) in [4.78, 5) is 12.3. The average Bonchev–Trinajstić information content (AvgIpc) is 2.71. The smallest absolute Gasteiger partial charge is 0.341 e. The standard InChI is InChI=1S/C25H42O4/c1-3-5-6-7-8-9-10-13-20-29-25(28)23-19-14-17-21(24(23)27)16-11-12-18-22(26)15-4-2/h14,17,19,22,26-27H,3-13,15-16,18,20H2,1-2H3. The molecule has 1 unspecified atom stereocenters. The molecule has 0 bridgehead atoms. The van der Waals surface area contributed by atoms with Gasteiger partial charge >= 0.3 is 5.97 Å². The van der Waals surface area contributed by atoms with Crippen LogP contribution in [0.4, 0.5) is 0 Å². The number of aromatic hydroxyl groups is 1. The summed E-state index contributed by atoms with van der Waals surface area (Å²) in [7, 11) is 0. The summed E-state index contributed by atoms with van der Waals surface area (Å²) < 4.78 is 5.36. The molecule has 0 radical (unpaired) electrons. The molecular weight excluding hydrogens is 364 g/mol. The first kappa shape index (κ1) is 25.5. The van der Waals surface area contributed by atoms with Crippen molar-refractivity contribution in [3.63, 3.8) is 0 Å². The highest BCUT2D eigenvalue weighted by Crippen LogP contribution is 2.25. The van der Waals surface area contributed by atoms with Gasteiger partial charge in [-0.1, -0.05) is 83.8 Å². The minimum absolute atomic E-state index is 0.0440. The van der Waals surface area contributed by atoms with Crippen molar-refractivity contribution >= 4 is 5.97 Å². The van der Waals surface area contributed by atoms with Crippen molar-refractivity contribution in [2.75, 3.05) is 6.61 Å². The monoisotopic (exact) mass is 406 g/mol. The van der Waals surface area contributed by atoms with Crippen molar-refractivity contribution in [1.29, 1.82) is 0 Å². The van der Waals surface area contributed by atoms with Gasteiger partial charge in [0.2, 0.25) is 0 Å². The molecule has 4 heteroatoms. The SMILES string of the molecule is CCCCCCCCCCOC(=O)c1cccc(CCCCC(O)CCC)c1O. The predicted molar refractivity (Wildman–Crippen MR) is 119 cm³/mol. The van der Waals surface area contributed by atoms with Crippen LogP contribution in [0, 0.1) is 0 Å². The van der Waals surface area contributed by atoms with Gasteiger partial charge in [0.05, 0.1) is 12.7 Å². The number of hydrogen-bond acceptors (Lipinski definition) is 4. The molecule has 0 heterocycles. The van der Waals surface area contributed by atoms with E-state index >= 15 is 0 Å². The fraction of sp³-hybridized carbons (Fsp3) is 0.720. The van der Waals surface area contributed by atoms with Crippen LogP contribution in [-0.4, -0.2) is 28.9 Å². The number of para-hydroxylation sites is 1. The van der Waals surface area contributed by atoms with Gasteiger partial charge in [-0.05, 0) is 43.7 Å². The minimum Gasteiger partial charge on any atom is -0.507 e. The highest BCUT2D eigenvalue weighted by Gasteiger charge is 2.15. The van der Waals surface area contributed by atoms with Crippen molar-refractivity contribution in [2.24, 2.45) is 0 Å². The lowest BCUT2D eigenvalue weighted by molar-refractivity contribution is 0.0494. The average molecular weight is 407 g/mol. The number of ether oxygens (including phenoxy) is 1. The van der Waals surface area contributed by atoms with E-state index in [1.165, 1.54) is 38.5 Å². The molecule has 2 N–H and O–H groups in total. The second-order valence-electron chi connectivity index (χ2n) is 8.11. The van der Waals surface area contributed by atoms with Crippen LogP contribution in [-0.2, 0) is 11.2 Å². The fourth-order valence-electron chi connectivity index (χ4n) is 3.61. The van der Waals surface area contributed by atoms with Crippen molar-refractivity contribution in [3.8, 4) is 5.75 Å². The number of rotatable bonds is 17. The lowest BCUT2D eigenvalue weighted by Gasteiger charge is -2.11. The van der Waals surface area contributed by atoms with Crippen LogP contribution in [0.15, 0.2) is 18.2 Å². The first-order valence-electron chi connectivity index (χ1n) is 11.8. The predicted octanol–water partition coefficient (Wildman–Crippen LogP) is 6.56. The molecule has 0 fully saturated rings. The van der Waals surface area contributed by atoms with Crippen LogP contribution in [0.25, 0.3) is 0 Å². The molecule has 1 aromatic carbocycles. The Morgan fingerprint density at radius 1 is 0.897 bits per heavy atom. The van der Waals surface area contributed by atoms with Gasteiger partial charge in [-0.25, -0.2) is 4.79 Å². The quantitative estimate of drug-likeness (QED) is 0.227. The van der Waals surface area contributed by atoms with Crippen LogP contribution < -0.4 is 0 Å². The zero-order valence-electron chi connectivity index (χ0n) is 18.6. The summed E-state index contributed by atoms with van der Waals surface area (Å²) in [5.41, 5.74) is 1.03. The van der Waals surface area contributed by atoms with Gasteiger partial charge in [0, 0.05) is 0 Å². The summed E-state index contributed by atoms with van der Waals surface area (Å²) in [5, 5.41) is 20.2. The topological polar surface area (TPSA) is 66.8 Å². The van der Waals surface area contributed by atoms with Crippen LogP contribution in [0.5, 0.6) is 5.75 Å². The molecule has 0 aliphatic carbocycles. The number of phenols is 1. The second kappa shape index (κ2) is 16.3. The third-order valence-corrected chi connectivity index (χ3v) is 5.43. The number of hydrogen-bond donors (Lipinski definition) is 2. The largest absolute Gasteiger partial charge is 0.507 e. The van der Waals surface area contributed by atoms with E-state index in [0.717, 1.165) is 50.5 Å². The first-order valence-corrected chi connectivity index (χ1v) is 11.8. The molecule has 4 nitrogen and oxygen atoms in total. The number of unbranched alkanes of at least 4 members (excludes halogenated alkanes) is 8. The summed E-state index contributed by atoms with van der Waals surface area (Å²) in [6.45, 7) is 4.70. The third-order valence-electron chi connectivity index (χ3n) is 5.43. The zero-order chi connectivity index (χ0) is 21.3. The number of benzene rings is 1. The number of aliphatic hydroxyl groups excluding tert-OH is 1. The van der Waals surface area contributed by atoms with Crippen molar-refractivity contribution in [2.45, 2.75) is 110 Å². The number of carbonyl (C=O) groups excluding carboxylic acids is 1. The van der Waals surface area contributed by atoms with E-state index in [1.807, 2.05) is 6.07 Å². The molecule has 0 spiro atoms. The van der Waals surface area contributed by atoms with E-state index in [2.05, 4.69) is 13.8 Å². The molecule has 0 aliphatic rings. The molecule has 1 atom stereocenters. The Morgan fingerprint density at radius 2 is 1.59 bits per heavy atom. The maximum Gasteiger partial charge on any atom is 0.341 e. The molecule has 29 heavy (non-hydrogen) atoms. The third kappa shape index (κ3) is 11.3. The maximum absolute atomic E-state index is 12.3. The number of aliphatic hydroxyl groups is 1. The van der Waals surface area contributed by atoms with Crippen LogP contribution in [0.3, 0.4) is 0 Å². The van der Waals surface area contributed by atoms with E-state index in [4.69, 9.17) is 4.74 Å². The number of aryl methyl sites for hydroxylation is 1. The van der Waals surface area contributed by atoms with Crippen LogP contribution in [0.1, 0.15) is 113 Å². The number of carbonyl (C=O) groups is 1. The molecule has 0 aliphatic heterocycles. The van der Waals surface area contributed by atoms with Crippen molar-refractivity contribution in [3.05, 3.63) is 29.3 Å². The van der Waals surface area contributed by atoms with Gasteiger partial charge in [-0.2, -0.15) is 0 Å². The molecule has 166 valence electrons. The van der Waals surface area contributed by atoms with Crippen molar-refractivity contribution < 1.29 is 19.7 Å². The minimum atomic E-state index is -0.439. The van der Waals surface area contributed by atoms with Gasteiger partial charge in [-0.3, -0.25) is 0 Å². The molecule has 0 amide bonds. The van der Waals surface area contributed by atoms with Gasteiger partial charge < -0.3 is 14.9 Å². The summed E-state index contributed by atoms with van der Waals surface area (Å²) in [6.07, 6.45) is 14.5. The summed E-state index contributed by atoms with van der Waals surface area (Å²) in [6, 6.07) is 5.28. The molecule has 1 rings (SSSR count). The zero-order valence-corrected chi connectivity index (χ0v) is 18.6. The van der Waals surface area contributed by atoms with Crippen LogP contribution in [0.2, 0.25) is 0 Å². The molecular formula is C25H42O4. The van der Waals surface area contributed by atoms with Gasteiger partial charge in [0.15, 0.2) is 0 Å². The van der Waals surface area contributed by atoms with E-state index < -0.39 is 5.97 Å². The number of esters is 1. The Balaban J connectivity index is 2.29. The van der Waals surface area contributed by atoms with Gasteiger partial charge in [0.25, 0.3) is 0 Å².